The van der Waals surface area contributed by atoms with Crippen LogP contribution in [0, 0.1) is 12.8 Å². The van der Waals surface area contributed by atoms with Crippen molar-refractivity contribution >= 4 is 16.9 Å². The first kappa shape index (κ1) is 20.7. The molecular weight excluding hydrogens is 428 g/mol. The number of aromatic nitrogens is 5. The van der Waals surface area contributed by atoms with Gasteiger partial charge in [0, 0.05) is 42.3 Å². The maximum atomic E-state index is 13.8. The van der Waals surface area contributed by atoms with Crippen LogP contribution in [-0.4, -0.2) is 54.4 Å². The highest BCUT2D eigenvalue weighted by atomic mass is 16.5. The van der Waals surface area contributed by atoms with Crippen molar-refractivity contribution in [3.05, 3.63) is 72.4 Å². The molecule has 0 aromatic carbocycles. The molecule has 4 aromatic heterocycles. The van der Waals surface area contributed by atoms with E-state index in [0.717, 1.165) is 30.3 Å². The Morgan fingerprint density at radius 2 is 1.82 bits per heavy atom. The van der Waals surface area contributed by atoms with Crippen molar-refractivity contribution in [1.29, 1.82) is 0 Å². The Balaban J connectivity index is 1.30. The van der Waals surface area contributed by atoms with Crippen molar-refractivity contribution in [3.63, 3.8) is 0 Å². The minimum atomic E-state index is -0.119. The largest absolute Gasteiger partial charge is 0.472 e. The third-order valence-electron chi connectivity index (χ3n) is 6.74. The molecule has 8 heteroatoms. The van der Waals surface area contributed by atoms with Gasteiger partial charge in [-0.25, -0.2) is 19.9 Å². The first-order valence-corrected chi connectivity index (χ1v) is 11.6. The van der Waals surface area contributed by atoms with E-state index in [1.54, 1.807) is 24.7 Å². The highest BCUT2D eigenvalue weighted by Gasteiger charge is 2.45. The average Bonchev–Trinajstić information content (AvgIpc) is 2.89. The Labute approximate surface area is 197 Å². The number of rotatable bonds is 4. The summed E-state index contributed by atoms with van der Waals surface area (Å²) in [5, 5.41) is 0.970. The van der Waals surface area contributed by atoms with Crippen LogP contribution >= 0.6 is 0 Å². The van der Waals surface area contributed by atoms with Crippen LogP contribution < -0.4 is 4.74 Å². The summed E-state index contributed by atoms with van der Waals surface area (Å²) in [5.41, 5.74) is 2.49. The van der Waals surface area contributed by atoms with E-state index < -0.39 is 0 Å². The first-order chi connectivity index (χ1) is 16.7. The number of amides is 1. The van der Waals surface area contributed by atoms with E-state index >= 15 is 0 Å². The van der Waals surface area contributed by atoms with Crippen LogP contribution in [0.1, 0.15) is 35.4 Å². The van der Waals surface area contributed by atoms with Gasteiger partial charge in [-0.2, -0.15) is 4.98 Å². The van der Waals surface area contributed by atoms with Gasteiger partial charge in [0.05, 0.1) is 11.6 Å². The summed E-state index contributed by atoms with van der Waals surface area (Å²) in [5.74, 6) is 1.34. The van der Waals surface area contributed by atoms with Crippen LogP contribution in [0.25, 0.3) is 22.4 Å². The smallest absolute Gasteiger partial charge is 0.273 e. The van der Waals surface area contributed by atoms with Crippen LogP contribution in [0.5, 0.6) is 5.88 Å². The van der Waals surface area contributed by atoms with E-state index in [4.69, 9.17) is 4.74 Å². The Hall–Kier alpha value is -3.94. The van der Waals surface area contributed by atoms with Crippen LogP contribution in [0.15, 0.2) is 61.1 Å². The van der Waals surface area contributed by atoms with Gasteiger partial charge >= 0.3 is 0 Å². The van der Waals surface area contributed by atoms with Gasteiger partial charge in [-0.1, -0.05) is 0 Å². The third kappa shape index (κ3) is 3.75. The van der Waals surface area contributed by atoms with Gasteiger partial charge in [0.25, 0.3) is 5.91 Å². The number of fused-ring (bicyclic) bond motifs is 4. The summed E-state index contributed by atoms with van der Waals surface area (Å²) in [7, 11) is 0. The number of carbonyl (C=O) groups is 1. The van der Waals surface area contributed by atoms with Gasteiger partial charge in [0.2, 0.25) is 5.88 Å². The number of piperidine rings is 2. The summed E-state index contributed by atoms with van der Waals surface area (Å²) < 4.78 is 6.36. The summed E-state index contributed by atoms with van der Waals surface area (Å²) in [4.78, 5) is 38.0. The van der Waals surface area contributed by atoms with Gasteiger partial charge in [-0.3, -0.25) is 4.79 Å². The lowest BCUT2D eigenvalue weighted by Gasteiger charge is -2.49. The second-order valence-electron chi connectivity index (χ2n) is 8.98. The highest BCUT2D eigenvalue weighted by Crippen LogP contribution is 2.38. The predicted octanol–water partition coefficient (Wildman–Crippen LogP) is 3.86. The maximum absolute atomic E-state index is 13.8. The molecule has 6 heterocycles. The molecule has 1 saturated carbocycles. The van der Waals surface area contributed by atoms with E-state index in [-0.39, 0.29) is 18.1 Å². The topological polar surface area (TPSA) is 94.0 Å². The van der Waals surface area contributed by atoms with Crippen molar-refractivity contribution in [1.82, 2.24) is 29.8 Å². The maximum Gasteiger partial charge on any atom is 0.273 e. The average molecular weight is 453 g/mol. The zero-order valence-electron chi connectivity index (χ0n) is 18.8. The summed E-state index contributed by atoms with van der Waals surface area (Å²) in [6.07, 6.45) is 7.86. The van der Waals surface area contributed by atoms with Gasteiger partial charge in [0.1, 0.15) is 11.8 Å². The minimum absolute atomic E-state index is 0.0365. The lowest BCUT2D eigenvalue weighted by Crippen LogP contribution is -2.59. The molecule has 34 heavy (non-hydrogen) atoms. The molecule has 3 atom stereocenters. The van der Waals surface area contributed by atoms with E-state index in [2.05, 4.69) is 24.9 Å². The van der Waals surface area contributed by atoms with Crippen molar-refractivity contribution in [2.75, 3.05) is 6.54 Å². The van der Waals surface area contributed by atoms with Crippen LogP contribution in [-0.2, 0) is 0 Å². The molecule has 8 nitrogen and oxygen atoms in total. The number of hydrogen-bond acceptors (Lipinski definition) is 7. The van der Waals surface area contributed by atoms with Crippen molar-refractivity contribution in [2.45, 2.75) is 38.3 Å². The van der Waals surface area contributed by atoms with E-state index in [9.17, 15) is 4.79 Å². The van der Waals surface area contributed by atoms with Crippen molar-refractivity contribution in [3.8, 4) is 17.3 Å². The lowest BCUT2D eigenvalue weighted by atomic mass is 9.77. The fraction of sp³-hybridized carbons (Fsp3) is 0.308. The minimum Gasteiger partial charge on any atom is -0.472 e. The normalized spacial score (nSPS) is 21.6. The number of hydrogen-bond donors (Lipinski definition) is 0. The Bertz CT molecular complexity index is 1360. The molecule has 4 aromatic rings. The predicted molar refractivity (Wildman–Crippen MR) is 126 cm³/mol. The highest BCUT2D eigenvalue weighted by molar-refractivity contribution is 5.98. The fourth-order valence-corrected chi connectivity index (χ4v) is 5.12. The second kappa shape index (κ2) is 8.44. The Morgan fingerprint density at radius 3 is 2.68 bits per heavy atom. The van der Waals surface area contributed by atoms with Crippen LogP contribution in [0.3, 0.4) is 0 Å². The number of carbonyl (C=O) groups excluding carboxylic acids is 1. The third-order valence-corrected chi connectivity index (χ3v) is 6.74. The summed E-state index contributed by atoms with van der Waals surface area (Å²) in [6.45, 7) is 2.60. The molecule has 0 unspecified atom stereocenters. The van der Waals surface area contributed by atoms with Gasteiger partial charge in [-0.15, -0.1) is 0 Å². The standard InChI is InChI=1S/C26H24N6O2/c1-16-5-8-19(25-28-12-3-13-29-25)23(30-16)26(33)32-15-17-6-9-20(32)21(14-17)34-22-10-7-18-4-2-11-27-24(18)31-22/h2-5,7-8,10-13,17,20-21H,6,9,14-15H2,1H3/t17-,20+,21-/m1/s1. The van der Waals surface area contributed by atoms with E-state index in [1.807, 2.05) is 48.2 Å². The molecular formula is C26H24N6O2. The molecule has 1 amide bonds. The second-order valence-corrected chi connectivity index (χ2v) is 8.98. The summed E-state index contributed by atoms with van der Waals surface area (Å²) in [6, 6.07) is 13.2. The first-order valence-electron chi connectivity index (χ1n) is 11.6. The van der Waals surface area contributed by atoms with Gasteiger partial charge in [-0.05, 0) is 68.5 Å². The number of pyridine rings is 3. The zero-order valence-corrected chi connectivity index (χ0v) is 18.8. The molecule has 3 aliphatic rings. The SMILES string of the molecule is Cc1ccc(-c2ncccn2)c(C(=O)N2C[C@@H]3CC[C@H]2[C@H](Oc2ccc4cccnc4n2)C3)n1. The summed E-state index contributed by atoms with van der Waals surface area (Å²) >= 11 is 0. The molecule has 7 rings (SSSR count). The molecule has 0 N–H and O–H groups in total. The molecule has 170 valence electrons. The lowest BCUT2D eigenvalue weighted by molar-refractivity contribution is -0.0314. The zero-order chi connectivity index (χ0) is 23.1. The molecule has 1 aliphatic carbocycles. The van der Waals surface area contributed by atoms with E-state index in [0.29, 0.717) is 41.1 Å². The molecule has 2 aliphatic heterocycles. The quantitative estimate of drug-likeness (QED) is 0.464. The molecule has 3 fully saturated rings. The number of aryl methyl sites for hydroxylation is 1. The van der Waals surface area contributed by atoms with E-state index in [1.165, 1.54) is 0 Å². The number of ether oxygens (including phenoxy) is 1. The Morgan fingerprint density at radius 1 is 0.971 bits per heavy atom. The fourth-order valence-electron chi connectivity index (χ4n) is 5.12. The van der Waals surface area contributed by atoms with Crippen molar-refractivity contribution < 1.29 is 9.53 Å². The number of nitrogens with zero attached hydrogens (tertiary/aromatic N) is 6. The van der Waals surface area contributed by atoms with Crippen molar-refractivity contribution in [2.24, 2.45) is 5.92 Å². The molecule has 0 spiro atoms. The molecule has 2 saturated heterocycles. The van der Waals surface area contributed by atoms with Crippen LogP contribution in [0.2, 0.25) is 0 Å². The van der Waals surface area contributed by atoms with Gasteiger partial charge < -0.3 is 9.64 Å². The Kier molecular flexibility index (Phi) is 5.13. The van der Waals surface area contributed by atoms with Crippen LogP contribution in [0.4, 0.5) is 0 Å². The molecule has 2 bridgehead atoms. The monoisotopic (exact) mass is 452 g/mol. The molecule has 0 radical (unpaired) electrons. The van der Waals surface area contributed by atoms with Gasteiger partial charge in [0.15, 0.2) is 11.5 Å².